The van der Waals surface area contributed by atoms with Crippen molar-refractivity contribution in [2.24, 2.45) is 11.8 Å². The zero-order valence-corrected chi connectivity index (χ0v) is 25.6. The molecule has 238 valence electrons. The molecule has 2 fully saturated rings. The topological polar surface area (TPSA) is 125 Å². The summed E-state index contributed by atoms with van der Waals surface area (Å²) >= 11 is 0. The quantitative estimate of drug-likeness (QED) is 0.278. The van der Waals surface area contributed by atoms with Gasteiger partial charge in [-0.25, -0.2) is 0 Å². The molecule has 3 amide bonds. The van der Waals surface area contributed by atoms with Crippen LogP contribution in [-0.2, 0) is 28.7 Å². The molecule has 0 aliphatic carbocycles. The minimum Gasteiger partial charge on any atom is -0.460 e. The number of cyclic esters (lactones) is 1. The molecule has 10 heteroatoms. The fourth-order valence-corrected chi connectivity index (χ4v) is 7.20. The number of likely N-dealkylation sites (tertiary alicyclic amines) is 1. The molecule has 4 aliphatic heterocycles. The van der Waals surface area contributed by atoms with Crippen LogP contribution in [0.25, 0.3) is 10.8 Å². The number of nitrogens with one attached hydrogen (secondary N) is 1. The molecule has 6 atom stereocenters. The lowest BCUT2D eigenvalue weighted by Crippen LogP contribution is -2.56. The summed E-state index contributed by atoms with van der Waals surface area (Å²) in [5, 5.41) is 14.1. The second-order valence-corrected chi connectivity index (χ2v) is 12.4. The molecule has 1 spiro atoms. The molecule has 4 aliphatic rings. The highest BCUT2D eigenvalue weighted by Gasteiger charge is 2.73. The molecule has 6 rings (SSSR count). The Bertz CT molecular complexity index is 1520. The minimum absolute atomic E-state index is 0.106. The smallest absolute Gasteiger partial charge is 0.313 e. The number of allylic oxidation sites excluding steroid dienone is 1. The summed E-state index contributed by atoms with van der Waals surface area (Å²) in [4.78, 5) is 58.5. The number of unbranched alkanes of at least 4 members (excludes halogenated alkanes) is 3. The Balaban J connectivity index is 1.41. The van der Waals surface area contributed by atoms with Crippen molar-refractivity contribution in [2.45, 2.75) is 69.3 Å². The van der Waals surface area contributed by atoms with Crippen molar-refractivity contribution in [3.8, 4) is 0 Å². The molecule has 0 radical (unpaired) electrons. The van der Waals surface area contributed by atoms with E-state index < -0.39 is 41.7 Å². The Hall–Kier alpha value is -4.02. The second kappa shape index (κ2) is 13.1. The lowest BCUT2D eigenvalue weighted by molar-refractivity contribution is -0.158. The third-order valence-corrected chi connectivity index (χ3v) is 9.39. The SMILES string of the molecule is C[C@H]1CNC(=O)CC/C=C\CN(c2ccc3ccccc3c2)C(=O)[C@H]2N(CCCCCCO)C(=O)[C@@H]3[C@@H](C(=O)O1)[C@H]1C=C[C@]32O1. The van der Waals surface area contributed by atoms with Crippen molar-refractivity contribution < 1.29 is 33.8 Å². The monoisotopic (exact) mass is 615 g/mol. The maximum absolute atomic E-state index is 14.9. The molecular weight excluding hydrogens is 574 g/mol. The lowest BCUT2D eigenvalue weighted by Gasteiger charge is -2.36. The normalized spacial score (nSPS) is 30.9. The number of fused-ring (bicyclic) bond motifs is 3. The summed E-state index contributed by atoms with van der Waals surface area (Å²) in [6.45, 7) is 2.52. The number of ether oxygens (including phenoxy) is 2. The molecular formula is C35H41N3O7. The van der Waals surface area contributed by atoms with E-state index >= 15 is 0 Å². The average molecular weight is 616 g/mol. The van der Waals surface area contributed by atoms with E-state index in [9.17, 15) is 24.3 Å². The number of hydrogen-bond acceptors (Lipinski definition) is 7. The second-order valence-electron chi connectivity index (χ2n) is 12.4. The van der Waals surface area contributed by atoms with Gasteiger partial charge in [-0.15, -0.1) is 0 Å². The molecule has 4 heterocycles. The fourth-order valence-electron chi connectivity index (χ4n) is 7.20. The van der Waals surface area contributed by atoms with Crippen molar-refractivity contribution in [3.05, 3.63) is 66.8 Å². The van der Waals surface area contributed by atoms with Crippen LogP contribution in [0.2, 0.25) is 0 Å². The molecule has 5 bridgehead atoms. The van der Waals surface area contributed by atoms with E-state index in [0.717, 1.165) is 23.6 Å². The van der Waals surface area contributed by atoms with E-state index in [1.165, 1.54) is 0 Å². The van der Waals surface area contributed by atoms with Crippen LogP contribution in [0.3, 0.4) is 0 Å². The molecule has 45 heavy (non-hydrogen) atoms. The van der Waals surface area contributed by atoms with E-state index in [1.807, 2.05) is 60.7 Å². The first-order valence-corrected chi connectivity index (χ1v) is 16.0. The average Bonchev–Trinajstić information content (AvgIpc) is 3.68. The van der Waals surface area contributed by atoms with E-state index in [1.54, 1.807) is 22.8 Å². The number of aliphatic hydroxyl groups is 1. The first kappa shape index (κ1) is 31.0. The number of amides is 3. The fraction of sp³-hybridized carbons (Fsp3) is 0.486. The van der Waals surface area contributed by atoms with Crippen LogP contribution in [-0.4, -0.2) is 83.8 Å². The molecule has 2 N–H and O–H groups in total. The molecule has 2 aromatic rings. The standard InChI is InChI=1S/C35H41N3O7/c1-23-22-36-28(40)13-5-4-9-18-37(26-15-14-24-11-6-7-12-25(24)21-26)33(42)31-35-17-16-27(45-35)29(34(43)44-23)30(35)32(41)38(31)19-8-2-3-10-20-39/h4,6-7,9,11-12,14-17,21,23,27,29-31,39H,2-3,5,8,10,13,18-20,22H2,1H3,(H,36,40)/b9-4-/t23-,27+,29-,30-,31+,35-/m0/s1. The van der Waals surface area contributed by atoms with Crippen molar-refractivity contribution in [1.82, 2.24) is 10.2 Å². The Kier molecular flexibility index (Phi) is 9.05. The van der Waals surface area contributed by atoms with Gasteiger partial charge in [-0.2, -0.15) is 0 Å². The Morgan fingerprint density at radius 1 is 0.978 bits per heavy atom. The van der Waals surface area contributed by atoms with Crippen LogP contribution in [0, 0.1) is 11.8 Å². The first-order chi connectivity index (χ1) is 21.8. The van der Waals surface area contributed by atoms with Crippen molar-refractivity contribution in [2.75, 3.05) is 31.1 Å². The van der Waals surface area contributed by atoms with E-state index in [-0.39, 0.29) is 43.8 Å². The zero-order valence-electron chi connectivity index (χ0n) is 25.6. The summed E-state index contributed by atoms with van der Waals surface area (Å²) in [5.41, 5.74) is -0.631. The van der Waals surface area contributed by atoms with Gasteiger partial charge in [0.15, 0.2) is 0 Å². The predicted molar refractivity (Wildman–Crippen MR) is 168 cm³/mol. The van der Waals surface area contributed by atoms with Crippen LogP contribution in [0.4, 0.5) is 5.69 Å². The molecule has 10 nitrogen and oxygen atoms in total. The largest absolute Gasteiger partial charge is 0.460 e. The highest BCUT2D eigenvalue weighted by molar-refractivity contribution is 6.06. The van der Waals surface area contributed by atoms with Gasteiger partial charge >= 0.3 is 5.97 Å². The summed E-state index contributed by atoms with van der Waals surface area (Å²) in [5.74, 6) is -3.13. The van der Waals surface area contributed by atoms with Crippen LogP contribution in [0.5, 0.6) is 0 Å². The van der Waals surface area contributed by atoms with Crippen LogP contribution in [0.15, 0.2) is 66.8 Å². The van der Waals surface area contributed by atoms with Gasteiger partial charge < -0.3 is 29.7 Å². The maximum Gasteiger partial charge on any atom is 0.313 e. The molecule has 2 aromatic carbocycles. The minimum atomic E-state index is -1.31. The van der Waals surface area contributed by atoms with Crippen LogP contribution < -0.4 is 10.2 Å². The lowest BCUT2D eigenvalue weighted by atomic mass is 9.74. The van der Waals surface area contributed by atoms with Crippen molar-refractivity contribution in [3.63, 3.8) is 0 Å². The van der Waals surface area contributed by atoms with Crippen LogP contribution in [0.1, 0.15) is 45.4 Å². The summed E-state index contributed by atoms with van der Waals surface area (Å²) in [6.07, 6.45) is 9.70. The number of aliphatic hydroxyl groups excluding tert-OH is 1. The summed E-state index contributed by atoms with van der Waals surface area (Å²) in [6, 6.07) is 12.8. The van der Waals surface area contributed by atoms with Gasteiger partial charge in [0.2, 0.25) is 11.8 Å². The summed E-state index contributed by atoms with van der Waals surface area (Å²) < 4.78 is 12.3. The number of esters is 1. The van der Waals surface area contributed by atoms with Crippen molar-refractivity contribution in [1.29, 1.82) is 0 Å². The third-order valence-electron chi connectivity index (χ3n) is 9.39. The highest BCUT2D eigenvalue weighted by Crippen LogP contribution is 2.55. The van der Waals surface area contributed by atoms with Gasteiger partial charge in [0, 0.05) is 31.8 Å². The first-order valence-electron chi connectivity index (χ1n) is 16.0. The van der Waals surface area contributed by atoms with Gasteiger partial charge in [-0.05, 0) is 49.1 Å². The van der Waals surface area contributed by atoms with E-state index in [0.29, 0.717) is 31.5 Å². The Morgan fingerprint density at radius 2 is 1.78 bits per heavy atom. The number of nitrogens with zero attached hydrogens (tertiary/aromatic N) is 2. The molecule has 2 saturated heterocycles. The highest BCUT2D eigenvalue weighted by atomic mass is 16.6. The predicted octanol–water partition coefficient (Wildman–Crippen LogP) is 3.27. The van der Waals surface area contributed by atoms with Gasteiger partial charge in [0.1, 0.15) is 23.7 Å². The number of hydrogen-bond donors (Lipinski definition) is 2. The van der Waals surface area contributed by atoms with Gasteiger partial charge in [-0.1, -0.05) is 67.5 Å². The number of carbonyl (C=O) groups is 4. The third kappa shape index (κ3) is 5.89. The molecule has 0 saturated carbocycles. The van der Waals surface area contributed by atoms with Crippen molar-refractivity contribution >= 4 is 40.2 Å². The van der Waals surface area contributed by atoms with Gasteiger partial charge in [-0.3, -0.25) is 19.2 Å². The molecule has 0 aromatic heterocycles. The van der Waals surface area contributed by atoms with Gasteiger partial charge in [0.25, 0.3) is 5.91 Å². The number of rotatable bonds is 7. The number of carbonyl (C=O) groups excluding carboxylic acids is 4. The van der Waals surface area contributed by atoms with E-state index in [4.69, 9.17) is 9.47 Å². The number of anilines is 1. The summed E-state index contributed by atoms with van der Waals surface area (Å²) in [7, 11) is 0. The van der Waals surface area contributed by atoms with Gasteiger partial charge in [0.05, 0.1) is 18.6 Å². The maximum atomic E-state index is 14.9. The number of benzene rings is 2. The molecule has 0 unspecified atom stereocenters. The zero-order chi connectivity index (χ0) is 31.6. The Labute approximate surface area is 263 Å². The Morgan fingerprint density at radius 3 is 2.60 bits per heavy atom. The van der Waals surface area contributed by atoms with Crippen LogP contribution >= 0.6 is 0 Å². The van der Waals surface area contributed by atoms with E-state index in [2.05, 4.69) is 5.32 Å².